The van der Waals surface area contributed by atoms with Gasteiger partial charge in [-0.05, 0) is 6.07 Å². The zero-order valence-corrected chi connectivity index (χ0v) is 12.6. The van der Waals surface area contributed by atoms with Crippen LogP contribution in [-0.4, -0.2) is 52.1 Å². The molecule has 1 unspecified atom stereocenters. The molecule has 1 atom stereocenters. The van der Waals surface area contributed by atoms with Crippen LogP contribution >= 0.6 is 0 Å². The summed E-state index contributed by atoms with van der Waals surface area (Å²) >= 11 is 0. The molecule has 0 saturated carbocycles. The summed E-state index contributed by atoms with van der Waals surface area (Å²) in [5.74, 6) is 0.436. The van der Waals surface area contributed by atoms with Crippen molar-refractivity contribution in [2.45, 2.75) is 12.5 Å². The molecule has 8 nitrogen and oxygen atoms in total. The molecule has 2 aromatic rings. The number of amides is 1. The van der Waals surface area contributed by atoms with E-state index in [1.54, 1.807) is 11.0 Å². The van der Waals surface area contributed by atoms with Crippen LogP contribution in [0.5, 0.6) is 11.8 Å². The van der Waals surface area contributed by atoms with E-state index in [0.717, 1.165) is 0 Å². The van der Waals surface area contributed by atoms with Crippen molar-refractivity contribution in [3.8, 4) is 11.8 Å². The van der Waals surface area contributed by atoms with Crippen molar-refractivity contribution in [3.05, 3.63) is 46.6 Å². The van der Waals surface area contributed by atoms with E-state index in [0.29, 0.717) is 36.8 Å². The Morgan fingerprint density at radius 2 is 2.13 bits per heavy atom. The van der Waals surface area contributed by atoms with Crippen molar-refractivity contribution in [2.24, 2.45) is 0 Å². The molecule has 1 fully saturated rings. The summed E-state index contributed by atoms with van der Waals surface area (Å²) in [4.78, 5) is 36.0. The molecule has 0 bridgehead atoms. The van der Waals surface area contributed by atoms with Gasteiger partial charge < -0.3 is 19.4 Å². The largest absolute Gasteiger partial charge is 0.477 e. The Kier molecular flexibility index (Phi) is 4.22. The van der Waals surface area contributed by atoms with Crippen LogP contribution in [0.25, 0.3) is 0 Å². The minimum absolute atomic E-state index is 0.187. The second-order valence-electron chi connectivity index (χ2n) is 5.09. The summed E-state index contributed by atoms with van der Waals surface area (Å²) in [5, 5.41) is 0. The van der Waals surface area contributed by atoms with Crippen LogP contribution in [0.3, 0.4) is 0 Å². The standard InChI is InChI=1S/C15H16N4O4/c1-22-13-14(18-6-5-17-13)23-11-3-7-19(9-11)15(21)10-2-4-16-12(20)8-10/h2,4-6,8,11H,3,7,9H2,1H3,(H,16,20). The maximum absolute atomic E-state index is 12.4. The summed E-state index contributed by atoms with van der Waals surface area (Å²) in [6.45, 7) is 0.976. The Morgan fingerprint density at radius 1 is 1.35 bits per heavy atom. The van der Waals surface area contributed by atoms with Gasteiger partial charge >= 0.3 is 0 Å². The van der Waals surface area contributed by atoms with Gasteiger partial charge in [0.25, 0.3) is 17.7 Å². The second kappa shape index (κ2) is 6.47. The predicted molar refractivity (Wildman–Crippen MR) is 80.6 cm³/mol. The molecule has 0 spiro atoms. The lowest BCUT2D eigenvalue weighted by Crippen LogP contribution is -2.31. The minimum atomic E-state index is -0.299. The van der Waals surface area contributed by atoms with E-state index in [1.807, 2.05) is 0 Å². The average molecular weight is 316 g/mol. The van der Waals surface area contributed by atoms with E-state index in [2.05, 4.69) is 15.0 Å². The molecule has 2 aromatic heterocycles. The molecule has 1 saturated heterocycles. The lowest BCUT2D eigenvalue weighted by atomic mass is 10.2. The third-order valence-corrected chi connectivity index (χ3v) is 3.56. The van der Waals surface area contributed by atoms with Gasteiger partial charge in [0.05, 0.1) is 13.7 Å². The first kappa shape index (κ1) is 15.0. The zero-order valence-electron chi connectivity index (χ0n) is 12.6. The van der Waals surface area contributed by atoms with Crippen molar-refractivity contribution in [1.82, 2.24) is 19.9 Å². The number of hydrogen-bond donors (Lipinski definition) is 1. The third-order valence-electron chi connectivity index (χ3n) is 3.56. The number of ether oxygens (including phenoxy) is 2. The normalized spacial score (nSPS) is 17.1. The van der Waals surface area contributed by atoms with Gasteiger partial charge in [0.2, 0.25) is 5.56 Å². The molecule has 0 aromatic carbocycles. The van der Waals surface area contributed by atoms with Gasteiger partial charge in [0.15, 0.2) is 0 Å². The first-order chi connectivity index (χ1) is 11.2. The number of pyridine rings is 1. The molecule has 1 amide bonds. The maximum atomic E-state index is 12.4. The van der Waals surface area contributed by atoms with Gasteiger partial charge in [-0.3, -0.25) is 9.59 Å². The summed E-state index contributed by atoms with van der Waals surface area (Å²) in [6, 6.07) is 2.88. The van der Waals surface area contributed by atoms with Crippen LogP contribution < -0.4 is 15.0 Å². The summed E-state index contributed by atoms with van der Waals surface area (Å²) in [6.07, 6.45) is 4.99. The number of rotatable bonds is 4. The Labute approximate surface area is 132 Å². The zero-order chi connectivity index (χ0) is 16.2. The highest BCUT2D eigenvalue weighted by Crippen LogP contribution is 2.24. The number of likely N-dealkylation sites (tertiary alicyclic amines) is 1. The SMILES string of the molecule is COc1nccnc1OC1CCN(C(=O)c2cc[nH]c(=O)c2)C1. The lowest BCUT2D eigenvalue weighted by Gasteiger charge is -2.17. The van der Waals surface area contributed by atoms with E-state index >= 15 is 0 Å². The van der Waals surface area contributed by atoms with Crippen LogP contribution in [0.4, 0.5) is 0 Å². The van der Waals surface area contributed by atoms with Gasteiger partial charge in [-0.2, -0.15) is 0 Å². The fraction of sp³-hybridized carbons (Fsp3) is 0.333. The van der Waals surface area contributed by atoms with Crippen molar-refractivity contribution in [3.63, 3.8) is 0 Å². The van der Waals surface area contributed by atoms with Crippen LogP contribution in [0.1, 0.15) is 16.8 Å². The molecule has 23 heavy (non-hydrogen) atoms. The number of nitrogens with zero attached hydrogens (tertiary/aromatic N) is 3. The number of H-pyrrole nitrogens is 1. The monoisotopic (exact) mass is 316 g/mol. The van der Waals surface area contributed by atoms with Gasteiger partial charge in [0.1, 0.15) is 6.10 Å². The molecule has 1 N–H and O–H groups in total. The van der Waals surface area contributed by atoms with Crippen molar-refractivity contribution in [1.29, 1.82) is 0 Å². The molecule has 1 aliphatic heterocycles. The fourth-order valence-corrected chi connectivity index (χ4v) is 2.46. The Morgan fingerprint density at radius 3 is 2.87 bits per heavy atom. The minimum Gasteiger partial charge on any atom is -0.477 e. The number of methoxy groups -OCH3 is 1. The highest BCUT2D eigenvalue weighted by Gasteiger charge is 2.29. The first-order valence-corrected chi connectivity index (χ1v) is 7.17. The summed E-state index contributed by atoms with van der Waals surface area (Å²) in [7, 11) is 1.49. The molecule has 3 rings (SSSR count). The maximum Gasteiger partial charge on any atom is 0.278 e. The Balaban J connectivity index is 1.66. The molecule has 1 aliphatic rings. The number of carbonyl (C=O) groups is 1. The van der Waals surface area contributed by atoms with E-state index in [1.165, 1.54) is 31.8 Å². The number of nitrogens with one attached hydrogen (secondary N) is 1. The highest BCUT2D eigenvalue weighted by molar-refractivity contribution is 5.94. The predicted octanol–water partition coefficient (Wildman–Crippen LogP) is 0.467. The molecule has 3 heterocycles. The second-order valence-corrected chi connectivity index (χ2v) is 5.09. The van der Waals surface area contributed by atoms with E-state index in [4.69, 9.17) is 9.47 Å². The topological polar surface area (TPSA) is 97.4 Å². The Bertz CT molecular complexity index is 761. The number of aromatic nitrogens is 3. The summed E-state index contributed by atoms with van der Waals surface area (Å²) in [5.41, 5.74) is 0.0682. The number of aromatic amines is 1. The van der Waals surface area contributed by atoms with E-state index < -0.39 is 0 Å². The van der Waals surface area contributed by atoms with Crippen molar-refractivity contribution >= 4 is 5.91 Å². The molecular formula is C15H16N4O4. The van der Waals surface area contributed by atoms with Gasteiger partial charge in [0, 0.05) is 43.2 Å². The molecular weight excluding hydrogens is 300 g/mol. The number of hydrogen-bond acceptors (Lipinski definition) is 6. The lowest BCUT2D eigenvalue weighted by molar-refractivity contribution is 0.0770. The Hall–Kier alpha value is -2.90. The van der Waals surface area contributed by atoms with Crippen molar-refractivity contribution < 1.29 is 14.3 Å². The molecule has 8 heteroatoms. The smallest absolute Gasteiger partial charge is 0.278 e. The van der Waals surface area contributed by atoms with Crippen LogP contribution in [0.15, 0.2) is 35.5 Å². The van der Waals surface area contributed by atoms with Gasteiger partial charge in [-0.15, -0.1) is 0 Å². The molecule has 0 aliphatic carbocycles. The quantitative estimate of drug-likeness (QED) is 0.880. The van der Waals surface area contributed by atoms with Gasteiger partial charge in [-0.1, -0.05) is 0 Å². The van der Waals surface area contributed by atoms with Gasteiger partial charge in [-0.25, -0.2) is 9.97 Å². The molecule has 120 valence electrons. The van der Waals surface area contributed by atoms with Crippen LogP contribution in [-0.2, 0) is 0 Å². The highest BCUT2D eigenvalue weighted by atomic mass is 16.5. The van der Waals surface area contributed by atoms with Crippen molar-refractivity contribution in [2.75, 3.05) is 20.2 Å². The van der Waals surface area contributed by atoms with E-state index in [9.17, 15) is 9.59 Å². The average Bonchev–Trinajstić information content (AvgIpc) is 3.03. The third kappa shape index (κ3) is 3.31. The summed E-state index contributed by atoms with van der Waals surface area (Å²) < 4.78 is 10.9. The molecule has 0 radical (unpaired) electrons. The van der Waals surface area contributed by atoms with Crippen LogP contribution in [0.2, 0.25) is 0 Å². The van der Waals surface area contributed by atoms with Crippen LogP contribution in [0, 0.1) is 0 Å². The number of carbonyl (C=O) groups excluding carboxylic acids is 1. The van der Waals surface area contributed by atoms with E-state index in [-0.39, 0.29) is 17.6 Å². The first-order valence-electron chi connectivity index (χ1n) is 7.17. The fourth-order valence-electron chi connectivity index (χ4n) is 2.46.